The first kappa shape index (κ1) is 25.3. The molecule has 5 nitrogen and oxygen atoms in total. The van der Waals surface area contributed by atoms with Gasteiger partial charge < -0.3 is 15.2 Å². The third-order valence-corrected chi connectivity index (χ3v) is 6.67. The Bertz CT molecular complexity index is 1280. The van der Waals surface area contributed by atoms with Crippen LogP contribution in [0.3, 0.4) is 0 Å². The van der Waals surface area contributed by atoms with Crippen molar-refractivity contribution in [3.05, 3.63) is 129 Å². The Hall–Kier alpha value is -3.83. The zero-order valence-corrected chi connectivity index (χ0v) is 21.0. The van der Waals surface area contributed by atoms with Crippen molar-refractivity contribution in [1.82, 2.24) is 5.32 Å². The van der Waals surface area contributed by atoms with Crippen molar-refractivity contribution < 1.29 is 19.4 Å². The van der Waals surface area contributed by atoms with Crippen LogP contribution in [0.1, 0.15) is 48.8 Å². The van der Waals surface area contributed by atoms with Crippen molar-refractivity contribution in [1.29, 1.82) is 0 Å². The maximum atomic E-state index is 13.4. The molecule has 0 amide bonds. The summed E-state index contributed by atoms with van der Waals surface area (Å²) in [4.78, 5) is 25.7. The lowest BCUT2D eigenvalue weighted by Gasteiger charge is -2.30. The van der Waals surface area contributed by atoms with Gasteiger partial charge in [0.2, 0.25) is 0 Å². The third-order valence-electron chi connectivity index (χ3n) is 6.44. The molecule has 0 saturated carbocycles. The number of hydrogen-bond donors (Lipinski definition) is 2. The maximum absolute atomic E-state index is 13.4. The molecule has 0 aliphatic carbocycles. The summed E-state index contributed by atoms with van der Waals surface area (Å²) in [5, 5.41) is 13.5. The van der Waals surface area contributed by atoms with Gasteiger partial charge in [0.15, 0.2) is 0 Å². The topological polar surface area (TPSA) is 75.6 Å². The van der Waals surface area contributed by atoms with Crippen molar-refractivity contribution in [2.24, 2.45) is 0 Å². The summed E-state index contributed by atoms with van der Waals surface area (Å²) in [7, 11) is 0. The summed E-state index contributed by atoms with van der Waals surface area (Å²) in [5.74, 6) is -2.39. The van der Waals surface area contributed by atoms with Crippen molar-refractivity contribution in [3.63, 3.8) is 0 Å². The highest BCUT2D eigenvalue weighted by Crippen LogP contribution is 2.39. The summed E-state index contributed by atoms with van der Waals surface area (Å²) in [5.41, 5.74) is 4.32. The molecule has 0 spiro atoms. The first-order valence-corrected chi connectivity index (χ1v) is 12.2. The summed E-state index contributed by atoms with van der Waals surface area (Å²) < 4.78 is 5.79. The molecule has 3 aromatic carbocycles. The number of nitrogens with one attached hydrogen (secondary N) is 1. The van der Waals surface area contributed by atoms with E-state index in [0.717, 1.165) is 11.1 Å². The number of rotatable bonds is 8. The van der Waals surface area contributed by atoms with Crippen LogP contribution in [0.2, 0.25) is 5.02 Å². The minimum absolute atomic E-state index is 0.0557. The number of benzene rings is 3. The van der Waals surface area contributed by atoms with Gasteiger partial charge in [-0.1, -0.05) is 84.4 Å². The van der Waals surface area contributed by atoms with Crippen LogP contribution in [0.25, 0.3) is 0 Å². The molecule has 0 saturated heterocycles. The molecule has 6 heteroatoms. The number of carbonyl (C=O) groups excluding carboxylic acids is 1. The minimum Gasteiger partial charge on any atom is -0.478 e. The van der Waals surface area contributed by atoms with E-state index in [9.17, 15) is 14.7 Å². The SMILES string of the molecule is CC1=C(C(=O)O)C(c2cccc(Cl)c2)C(C(=O)OCCC(c2ccccc2)c2ccccc2)=C(C)N1. The molecule has 0 radical (unpaired) electrons. The lowest BCUT2D eigenvalue weighted by molar-refractivity contribution is -0.139. The number of carbonyl (C=O) groups is 2. The van der Waals surface area contributed by atoms with Gasteiger partial charge in [-0.25, -0.2) is 9.59 Å². The molecule has 1 aliphatic heterocycles. The van der Waals surface area contributed by atoms with E-state index >= 15 is 0 Å². The molecule has 36 heavy (non-hydrogen) atoms. The fourth-order valence-electron chi connectivity index (χ4n) is 4.81. The van der Waals surface area contributed by atoms with Crippen LogP contribution < -0.4 is 5.32 Å². The molecule has 2 N–H and O–H groups in total. The minimum atomic E-state index is -1.10. The fraction of sp³-hybridized carbons (Fsp3) is 0.200. The van der Waals surface area contributed by atoms with Crippen molar-refractivity contribution in [2.45, 2.75) is 32.1 Å². The number of aliphatic carboxylic acids is 1. The molecule has 0 fully saturated rings. The number of esters is 1. The Labute approximate surface area is 216 Å². The number of ether oxygens (including phenoxy) is 1. The Morgan fingerprint density at radius 3 is 2.03 bits per heavy atom. The van der Waals surface area contributed by atoms with Crippen LogP contribution in [-0.2, 0) is 14.3 Å². The zero-order valence-electron chi connectivity index (χ0n) is 20.2. The summed E-state index contributed by atoms with van der Waals surface area (Å²) in [6, 6.07) is 27.1. The highest BCUT2D eigenvalue weighted by Gasteiger charge is 2.37. The van der Waals surface area contributed by atoms with Crippen LogP contribution in [-0.4, -0.2) is 23.7 Å². The molecular formula is C30H28ClNO4. The maximum Gasteiger partial charge on any atom is 0.336 e. The number of carboxylic acid groups (broad SMARTS) is 1. The van der Waals surface area contributed by atoms with Crippen LogP contribution in [0.5, 0.6) is 0 Å². The Morgan fingerprint density at radius 2 is 1.47 bits per heavy atom. The van der Waals surface area contributed by atoms with Crippen LogP contribution in [0.15, 0.2) is 107 Å². The lowest BCUT2D eigenvalue weighted by Crippen LogP contribution is -2.32. The largest absolute Gasteiger partial charge is 0.478 e. The third kappa shape index (κ3) is 5.52. The van der Waals surface area contributed by atoms with Gasteiger partial charge in [-0.3, -0.25) is 0 Å². The van der Waals surface area contributed by atoms with E-state index in [4.69, 9.17) is 16.3 Å². The summed E-state index contributed by atoms with van der Waals surface area (Å²) in [6.07, 6.45) is 0.585. The highest BCUT2D eigenvalue weighted by molar-refractivity contribution is 6.30. The second-order valence-corrected chi connectivity index (χ2v) is 9.23. The highest BCUT2D eigenvalue weighted by atomic mass is 35.5. The Balaban J connectivity index is 1.59. The van der Waals surface area contributed by atoms with Crippen LogP contribution in [0, 0.1) is 0 Å². The van der Waals surface area contributed by atoms with Crippen molar-refractivity contribution in [3.8, 4) is 0 Å². The standard InChI is InChI=1S/C30H28ClNO4/c1-19-26(29(33)34)28(23-14-9-15-24(31)18-23)27(20(2)32-19)30(35)36-17-16-25(21-10-5-3-6-11-21)22-12-7-4-8-13-22/h3-15,18,25,28,32H,16-17H2,1-2H3,(H,33,34). The number of dihydropyridines is 1. The zero-order chi connectivity index (χ0) is 25.7. The van der Waals surface area contributed by atoms with Gasteiger partial charge in [0.05, 0.1) is 23.7 Å². The second-order valence-electron chi connectivity index (χ2n) is 8.79. The summed E-state index contributed by atoms with van der Waals surface area (Å²) >= 11 is 6.21. The molecule has 0 bridgehead atoms. The summed E-state index contributed by atoms with van der Waals surface area (Å²) in [6.45, 7) is 3.63. The average Bonchev–Trinajstić information content (AvgIpc) is 2.87. The van der Waals surface area contributed by atoms with E-state index in [1.807, 2.05) is 36.4 Å². The van der Waals surface area contributed by atoms with Crippen molar-refractivity contribution in [2.75, 3.05) is 6.61 Å². The molecule has 0 aromatic heterocycles. The van der Waals surface area contributed by atoms with E-state index in [0.29, 0.717) is 28.4 Å². The van der Waals surface area contributed by atoms with E-state index < -0.39 is 17.9 Å². The molecular weight excluding hydrogens is 474 g/mol. The van der Waals surface area contributed by atoms with Gasteiger partial charge in [0, 0.05) is 22.3 Å². The van der Waals surface area contributed by atoms with Gasteiger partial charge in [0.1, 0.15) is 0 Å². The molecule has 1 atom stereocenters. The number of hydrogen-bond acceptors (Lipinski definition) is 4. The van der Waals surface area contributed by atoms with Gasteiger partial charge >= 0.3 is 11.9 Å². The van der Waals surface area contributed by atoms with Crippen LogP contribution >= 0.6 is 11.6 Å². The van der Waals surface area contributed by atoms with E-state index in [2.05, 4.69) is 29.6 Å². The predicted octanol–water partition coefficient (Wildman–Crippen LogP) is 6.42. The smallest absolute Gasteiger partial charge is 0.336 e. The normalized spacial score (nSPS) is 15.6. The van der Waals surface area contributed by atoms with Crippen LogP contribution in [0.4, 0.5) is 0 Å². The molecule has 184 valence electrons. The number of halogens is 1. The van der Waals surface area contributed by atoms with Gasteiger partial charge in [-0.05, 0) is 49.1 Å². The van der Waals surface area contributed by atoms with Gasteiger partial charge in [-0.15, -0.1) is 0 Å². The van der Waals surface area contributed by atoms with Gasteiger partial charge in [-0.2, -0.15) is 0 Å². The molecule has 1 unspecified atom stereocenters. The first-order chi connectivity index (χ1) is 17.4. The monoisotopic (exact) mass is 501 g/mol. The fourth-order valence-corrected chi connectivity index (χ4v) is 5.01. The van der Waals surface area contributed by atoms with E-state index in [1.54, 1.807) is 38.1 Å². The quantitative estimate of drug-likeness (QED) is 0.348. The lowest BCUT2D eigenvalue weighted by atomic mass is 9.80. The molecule has 3 aromatic rings. The number of carboxylic acids is 1. The Morgan fingerprint density at radius 1 is 0.889 bits per heavy atom. The Kier molecular flexibility index (Phi) is 7.91. The number of allylic oxidation sites excluding steroid dienone is 2. The van der Waals surface area contributed by atoms with Gasteiger partial charge in [0.25, 0.3) is 0 Å². The van der Waals surface area contributed by atoms with E-state index in [-0.39, 0.29) is 23.7 Å². The predicted molar refractivity (Wildman–Crippen MR) is 141 cm³/mol. The van der Waals surface area contributed by atoms with E-state index in [1.165, 1.54) is 0 Å². The van der Waals surface area contributed by atoms with Crippen molar-refractivity contribution >= 4 is 23.5 Å². The second kappa shape index (κ2) is 11.3. The first-order valence-electron chi connectivity index (χ1n) is 11.8. The molecule has 1 aliphatic rings. The molecule has 4 rings (SSSR count). The average molecular weight is 502 g/mol. The molecule has 1 heterocycles.